The van der Waals surface area contributed by atoms with Crippen LogP contribution in [-0.4, -0.2) is 69.2 Å². The van der Waals surface area contributed by atoms with E-state index in [4.69, 9.17) is 14.6 Å². The highest BCUT2D eigenvalue weighted by atomic mass is 16.5. The molecule has 35 heavy (non-hydrogen) atoms. The predicted molar refractivity (Wildman–Crippen MR) is 135 cm³/mol. The van der Waals surface area contributed by atoms with Crippen LogP contribution in [0.15, 0.2) is 67.0 Å². The molecule has 1 N–H and O–H groups in total. The lowest BCUT2D eigenvalue weighted by atomic mass is 10.1. The van der Waals surface area contributed by atoms with Gasteiger partial charge >= 0.3 is 0 Å². The minimum Gasteiger partial charge on any atom is -0.496 e. The first-order valence-corrected chi connectivity index (χ1v) is 11.8. The van der Waals surface area contributed by atoms with Crippen molar-refractivity contribution in [3.63, 3.8) is 0 Å². The molecule has 6 rings (SSSR count). The molecule has 1 aliphatic rings. The SMILES string of the molecule is COc1ccccc1-c1ccc2cnc(Nc3ccc4c(cnn4CCN4CCOCC4)c3)nn12. The summed E-state index contributed by atoms with van der Waals surface area (Å²) in [6.45, 7) is 5.42. The third-order valence-electron chi connectivity index (χ3n) is 6.41. The van der Waals surface area contributed by atoms with Crippen molar-refractivity contribution in [1.29, 1.82) is 0 Å². The van der Waals surface area contributed by atoms with Crippen LogP contribution in [0.3, 0.4) is 0 Å². The van der Waals surface area contributed by atoms with Crippen LogP contribution in [0.2, 0.25) is 0 Å². The van der Waals surface area contributed by atoms with E-state index in [-0.39, 0.29) is 0 Å². The monoisotopic (exact) mass is 469 g/mol. The van der Waals surface area contributed by atoms with Gasteiger partial charge in [-0.2, -0.15) is 5.10 Å². The number of benzene rings is 2. The van der Waals surface area contributed by atoms with Crippen LogP contribution >= 0.6 is 0 Å². The summed E-state index contributed by atoms with van der Waals surface area (Å²) >= 11 is 0. The summed E-state index contributed by atoms with van der Waals surface area (Å²) in [5, 5.41) is 13.8. The van der Waals surface area contributed by atoms with E-state index in [1.54, 1.807) is 7.11 Å². The first kappa shape index (κ1) is 21.6. The van der Waals surface area contributed by atoms with Crippen molar-refractivity contribution in [2.24, 2.45) is 0 Å². The lowest BCUT2D eigenvalue weighted by Crippen LogP contribution is -2.38. The minimum atomic E-state index is 0.518. The van der Waals surface area contributed by atoms with E-state index < -0.39 is 0 Å². The summed E-state index contributed by atoms with van der Waals surface area (Å²) in [5.74, 6) is 1.32. The van der Waals surface area contributed by atoms with Gasteiger partial charge in [0.1, 0.15) is 5.75 Å². The summed E-state index contributed by atoms with van der Waals surface area (Å²) < 4.78 is 14.9. The quantitative estimate of drug-likeness (QED) is 0.388. The lowest BCUT2D eigenvalue weighted by Gasteiger charge is -2.26. The molecule has 0 spiro atoms. The first-order chi connectivity index (χ1) is 17.3. The fourth-order valence-corrected chi connectivity index (χ4v) is 4.55. The van der Waals surface area contributed by atoms with Crippen molar-refractivity contribution < 1.29 is 9.47 Å². The Morgan fingerprint density at radius 3 is 2.77 bits per heavy atom. The van der Waals surface area contributed by atoms with Crippen LogP contribution in [0.5, 0.6) is 5.75 Å². The topological polar surface area (TPSA) is 81.7 Å². The van der Waals surface area contributed by atoms with E-state index in [1.807, 2.05) is 59.4 Å². The molecule has 0 bridgehead atoms. The van der Waals surface area contributed by atoms with Gasteiger partial charge in [0.15, 0.2) is 0 Å². The molecule has 1 fully saturated rings. The van der Waals surface area contributed by atoms with Crippen LogP contribution in [-0.2, 0) is 11.3 Å². The molecule has 0 unspecified atom stereocenters. The van der Waals surface area contributed by atoms with Crippen molar-refractivity contribution in [3.8, 4) is 17.0 Å². The Bertz CT molecular complexity index is 1470. The van der Waals surface area contributed by atoms with Gasteiger partial charge < -0.3 is 14.8 Å². The van der Waals surface area contributed by atoms with Gasteiger partial charge in [-0.3, -0.25) is 9.58 Å². The van der Waals surface area contributed by atoms with Gasteiger partial charge in [-0.15, -0.1) is 5.10 Å². The van der Waals surface area contributed by atoms with Crippen molar-refractivity contribution >= 4 is 28.1 Å². The third-order valence-corrected chi connectivity index (χ3v) is 6.41. The number of methoxy groups -OCH3 is 1. The molecule has 0 amide bonds. The second-order valence-electron chi connectivity index (χ2n) is 8.56. The lowest BCUT2D eigenvalue weighted by molar-refractivity contribution is 0.0361. The van der Waals surface area contributed by atoms with Gasteiger partial charge in [0, 0.05) is 36.3 Å². The van der Waals surface area contributed by atoms with Gasteiger partial charge in [-0.1, -0.05) is 12.1 Å². The number of para-hydroxylation sites is 1. The fraction of sp³-hybridized carbons (Fsp3) is 0.269. The molecular weight excluding hydrogens is 442 g/mol. The van der Waals surface area contributed by atoms with E-state index in [0.717, 1.165) is 78.5 Å². The van der Waals surface area contributed by atoms with E-state index in [1.165, 1.54) is 0 Å². The van der Waals surface area contributed by atoms with Crippen LogP contribution in [0, 0.1) is 0 Å². The van der Waals surface area contributed by atoms with Gasteiger partial charge in [0.2, 0.25) is 5.95 Å². The van der Waals surface area contributed by atoms with Gasteiger partial charge in [0.05, 0.1) is 56.0 Å². The molecular formula is C26H27N7O2. The van der Waals surface area contributed by atoms with Crippen LogP contribution in [0.4, 0.5) is 11.6 Å². The van der Waals surface area contributed by atoms with Crippen molar-refractivity contribution in [3.05, 3.63) is 67.0 Å². The molecule has 1 saturated heterocycles. The Labute approximate surface area is 202 Å². The summed E-state index contributed by atoms with van der Waals surface area (Å²) in [5.41, 5.74) is 4.86. The Kier molecular flexibility index (Phi) is 5.77. The second kappa shape index (κ2) is 9.36. The van der Waals surface area contributed by atoms with Gasteiger partial charge in [0.25, 0.3) is 0 Å². The van der Waals surface area contributed by atoms with Crippen LogP contribution in [0.25, 0.3) is 27.7 Å². The summed E-state index contributed by atoms with van der Waals surface area (Å²) in [4.78, 5) is 6.92. The van der Waals surface area contributed by atoms with Gasteiger partial charge in [-0.05, 0) is 42.5 Å². The molecule has 3 aromatic heterocycles. The molecule has 0 saturated carbocycles. The number of ether oxygens (including phenoxy) is 2. The maximum Gasteiger partial charge on any atom is 0.245 e. The number of rotatable bonds is 7. The molecule has 1 aliphatic heterocycles. The smallest absolute Gasteiger partial charge is 0.245 e. The van der Waals surface area contributed by atoms with Crippen LogP contribution < -0.4 is 10.1 Å². The third kappa shape index (κ3) is 4.31. The summed E-state index contributed by atoms with van der Waals surface area (Å²) in [6, 6.07) is 18.2. The largest absolute Gasteiger partial charge is 0.496 e. The highest BCUT2D eigenvalue weighted by Gasteiger charge is 2.13. The van der Waals surface area contributed by atoms with E-state index in [9.17, 15) is 0 Å². The average Bonchev–Trinajstić information content (AvgIpc) is 3.51. The van der Waals surface area contributed by atoms with E-state index >= 15 is 0 Å². The van der Waals surface area contributed by atoms with E-state index in [2.05, 4.69) is 37.1 Å². The zero-order chi connectivity index (χ0) is 23.6. The maximum absolute atomic E-state index is 5.55. The molecule has 0 radical (unpaired) electrons. The van der Waals surface area contributed by atoms with Crippen molar-refractivity contribution in [2.75, 3.05) is 45.3 Å². The zero-order valence-electron chi connectivity index (χ0n) is 19.6. The van der Waals surface area contributed by atoms with Crippen LogP contribution in [0.1, 0.15) is 0 Å². The predicted octanol–water partition coefficient (Wildman–Crippen LogP) is 3.83. The number of hydrogen-bond acceptors (Lipinski definition) is 7. The van der Waals surface area contributed by atoms with Gasteiger partial charge in [-0.25, -0.2) is 9.50 Å². The zero-order valence-corrected chi connectivity index (χ0v) is 19.6. The highest BCUT2D eigenvalue weighted by molar-refractivity contribution is 5.83. The maximum atomic E-state index is 5.55. The average molecular weight is 470 g/mol. The normalized spacial score (nSPS) is 14.5. The number of anilines is 2. The van der Waals surface area contributed by atoms with E-state index in [0.29, 0.717) is 5.95 Å². The van der Waals surface area contributed by atoms with Crippen molar-refractivity contribution in [1.82, 2.24) is 29.3 Å². The molecule has 0 atom stereocenters. The first-order valence-electron chi connectivity index (χ1n) is 11.8. The molecule has 0 aliphatic carbocycles. The fourth-order valence-electron chi connectivity index (χ4n) is 4.55. The molecule has 9 heteroatoms. The standard InChI is InChI=1S/C26H27N7O2/c1-34-25-5-3-2-4-22(25)24-9-7-21-18-27-26(30-33(21)24)29-20-6-8-23-19(16-20)17-28-32(23)11-10-31-12-14-35-15-13-31/h2-9,16-18H,10-15H2,1H3,(H,29,30). The number of nitrogens with zero attached hydrogens (tertiary/aromatic N) is 6. The molecule has 178 valence electrons. The summed E-state index contributed by atoms with van der Waals surface area (Å²) in [6.07, 6.45) is 3.73. The Balaban J connectivity index is 1.23. The Morgan fingerprint density at radius 1 is 1.00 bits per heavy atom. The highest BCUT2D eigenvalue weighted by Crippen LogP contribution is 2.31. The number of nitrogens with one attached hydrogen (secondary N) is 1. The molecule has 9 nitrogen and oxygen atoms in total. The number of hydrogen-bond donors (Lipinski definition) is 1. The number of aromatic nitrogens is 5. The number of morpholine rings is 1. The molecule has 5 aromatic rings. The molecule has 2 aromatic carbocycles. The van der Waals surface area contributed by atoms with Crippen molar-refractivity contribution in [2.45, 2.75) is 6.54 Å². The molecule has 4 heterocycles. The Morgan fingerprint density at radius 2 is 1.89 bits per heavy atom. The second-order valence-corrected chi connectivity index (χ2v) is 8.56. The Hall–Kier alpha value is -3.95. The minimum absolute atomic E-state index is 0.518. The summed E-state index contributed by atoms with van der Waals surface area (Å²) in [7, 11) is 1.68. The number of fused-ring (bicyclic) bond motifs is 2.